The highest BCUT2D eigenvalue weighted by Gasteiger charge is 2.47. The lowest BCUT2D eigenvalue weighted by atomic mass is 9.95. The average Bonchev–Trinajstić information content (AvgIpc) is 3.23. The SMILES string of the molecule is Cc1nc2ccc(C(=O)N3CCC[C@]3(C)C(=O)N3CCOCC3)cc2[nH]1. The number of aromatic nitrogens is 2. The van der Waals surface area contributed by atoms with Crippen LogP contribution in [0.3, 0.4) is 0 Å². The Hall–Kier alpha value is -2.41. The highest BCUT2D eigenvalue weighted by Crippen LogP contribution is 2.33. The van der Waals surface area contributed by atoms with Gasteiger partial charge >= 0.3 is 0 Å². The largest absolute Gasteiger partial charge is 0.378 e. The van der Waals surface area contributed by atoms with Gasteiger partial charge in [0.2, 0.25) is 5.91 Å². The summed E-state index contributed by atoms with van der Waals surface area (Å²) < 4.78 is 5.35. The molecule has 2 aliphatic rings. The Balaban J connectivity index is 1.61. The summed E-state index contributed by atoms with van der Waals surface area (Å²) in [6.07, 6.45) is 1.53. The van der Waals surface area contributed by atoms with E-state index in [0.717, 1.165) is 23.3 Å². The molecule has 7 heteroatoms. The summed E-state index contributed by atoms with van der Waals surface area (Å²) in [5, 5.41) is 0. The maximum absolute atomic E-state index is 13.2. The number of carbonyl (C=O) groups is 2. The van der Waals surface area contributed by atoms with Gasteiger partial charge in [0.15, 0.2) is 0 Å². The summed E-state index contributed by atoms with van der Waals surface area (Å²) in [4.78, 5) is 37.5. The van der Waals surface area contributed by atoms with Crippen molar-refractivity contribution in [1.29, 1.82) is 0 Å². The third-order valence-corrected chi connectivity index (χ3v) is 5.49. The molecule has 26 heavy (non-hydrogen) atoms. The van der Waals surface area contributed by atoms with Gasteiger partial charge in [0.1, 0.15) is 11.4 Å². The van der Waals surface area contributed by atoms with Crippen LogP contribution in [0.1, 0.15) is 35.9 Å². The molecule has 3 heterocycles. The minimum absolute atomic E-state index is 0.0325. The molecule has 2 aliphatic heterocycles. The lowest BCUT2D eigenvalue weighted by Gasteiger charge is -2.39. The molecule has 2 saturated heterocycles. The van der Waals surface area contributed by atoms with Crippen LogP contribution >= 0.6 is 0 Å². The smallest absolute Gasteiger partial charge is 0.254 e. The number of fused-ring (bicyclic) bond motifs is 1. The van der Waals surface area contributed by atoms with E-state index in [1.807, 2.05) is 30.9 Å². The minimum atomic E-state index is -0.784. The maximum atomic E-state index is 13.2. The van der Waals surface area contributed by atoms with Crippen molar-refractivity contribution in [3.8, 4) is 0 Å². The van der Waals surface area contributed by atoms with E-state index in [4.69, 9.17) is 4.74 Å². The Morgan fingerprint density at radius 1 is 1.23 bits per heavy atom. The van der Waals surface area contributed by atoms with Gasteiger partial charge in [0, 0.05) is 25.2 Å². The Morgan fingerprint density at radius 3 is 2.77 bits per heavy atom. The van der Waals surface area contributed by atoms with Crippen molar-refractivity contribution in [2.75, 3.05) is 32.8 Å². The van der Waals surface area contributed by atoms with Crippen molar-refractivity contribution in [3.05, 3.63) is 29.6 Å². The summed E-state index contributed by atoms with van der Waals surface area (Å²) in [5.41, 5.74) is 1.48. The van der Waals surface area contributed by atoms with Gasteiger partial charge in [-0.3, -0.25) is 9.59 Å². The molecule has 0 radical (unpaired) electrons. The lowest BCUT2D eigenvalue weighted by molar-refractivity contribution is -0.144. The van der Waals surface area contributed by atoms with E-state index in [-0.39, 0.29) is 11.8 Å². The van der Waals surface area contributed by atoms with Crippen LogP contribution in [0.15, 0.2) is 18.2 Å². The molecule has 1 atom stereocenters. The van der Waals surface area contributed by atoms with E-state index in [0.29, 0.717) is 44.8 Å². The molecule has 0 aliphatic carbocycles. The molecule has 2 amide bonds. The van der Waals surface area contributed by atoms with Crippen LogP contribution in [-0.4, -0.2) is 70.0 Å². The monoisotopic (exact) mass is 356 g/mol. The summed E-state index contributed by atoms with van der Waals surface area (Å²) in [6, 6.07) is 5.47. The summed E-state index contributed by atoms with van der Waals surface area (Å²) in [7, 11) is 0. The number of nitrogens with one attached hydrogen (secondary N) is 1. The Bertz CT molecular complexity index is 856. The molecular weight excluding hydrogens is 332 g/mol. The topological polar surface area (TPSA) is 78.5 Å². The number of aryl methyl sites for hydroxylation is 1. The van der Waals surface area contributed by atoms with Crippen LogP contribution in [0.2, 0.25) is 0 Å². The Morgan fingerprint density at radius 2 is 2.00 bits per heavy atom. The van der Waals surface area contributed by atoms with Crippen molar-refractivity contribution in [3.63, 3.8) is 0 Å². The van der Waals surface area contributed by atoms with Gasteiger partial charge in [-0.1, -0.05) is 0 Å². The first-order valence-electron chi connectivity index (χ1n) is 9.14. The molecule has 7 nitrogen and oxygen atoms in total. The normalized spacial score (nSPS) is 23.6. The van der Waals surface area contributed by atoms with Crippen LogP contribution in [0.5, 0.6) is 0 Å². The molecule has 0 unspecified atom stereocenters. The number of hydrogen-bond acceptors (Lipinski definition) is 4. The van der Waals surface area contributed by atoms with E-state index in [1.54, 1.807) is 11.0 Å². The van der Waals surface area contributed by atoms with Crippen molar-refractivity contribution in [2.45, 2.75) is 32.2 Å². The summed E-state index contributed by atoms with van der Waals surface area (Å²) in [6.45, 7) is 6.70. The number of rotatable bonds is 2. The van der Waals surface area contributed by atoms with Crippen LogP contribution in [0.4, 0.5) is 0 Å². The van der Waals surface area contributed by atoms with E-state index >= 15 is 0 Å². The summed E-state index contributed by atoms with van der Waals surface area (Å²) >= 11 is 0. The van der Waals surface area contributed by atoms with Crippen LogP contribution in [0.25, 0.3) is 11.0 Å². The second-order valence-electron chi connectivity index (χ2n) is 7.29. The van der Waals surface area contributed by atoms with Crippen molar-refractivity contribution in [1.82, 2.24) is 19.8 Å². The van der Waals surface area contributed by atoms with Gasteiger partial charge in [0.25, 0.3) is 5.91 Å². The number of H-pyrrole nitrogens is 1. The zero-order chi connectivity index (χ0) is 18.3. The zero-order valence-corrected chi connectivity index (χ0v) is 15.2. The predicted molar refractivity (Wildman–Crippen MR) is 96.9 cm³/mol. The molecule has 4 rings (SSSR count). The number of aromatic amines is 1. The van der Waals surface area contributed by atoms with Gasteiger partial charge in [-0.05, 0) is 44.9 Å². The van der Waals surface area contributed by atoms with E-state index in [2.05, 4.69) is 9.97 Å². The molecule has 1 aromatic carbocycles. The Labute approximate surface area is 152 Å². The molecular formula is C19H24N4O3. The van der Waals surface area contributed by atoms with E-state index < -0.39 is 5.54 Å². The highest BCUT2D eigenvalue weighted by molar-refractivity contribution is 6.01. The van der Waals surface area contributed by atoms with Gasteiger partial charge in [0.05, 0.1) is 24.2 Å². The van der Waals surface area contributed by atoms with Gasteiger partial charge < -0.3 is 19.5 Å². The molecule has 0 saturated carbocycles. The number of imidazole rings is 1. The third kappa shape index (κ3) is 2.76. The van der Waals surface area contributed by atoms with Crippen molar-refractivity contribution in [2.24, 2.45) is 0 Å². The number of benzene rings is 1. The molecule has 1 N–H and O–H groups in total. The molecule has 0 bridgehead atoms. The third-order valence-electron chi connectivity index (χ3n) is 5.49. The fourth-order valence-electron chi connectivity index (χ4n) is 4.04. The number of morpholine rings is 1. The predicted octanol–water partition coefficient (Wildman–Crippen LogP) is 1.72. The highest BCUT2D eigenvalue weighted by atomic mass is 16.5. The van der Waals surface area contributed by atoms with Gasteiger partial charge in [-0.25, -0.2) is 4.98 Å². The molecule has 138 valence electrons. The quantitative estimate of drug-likeness (QED) is 0.889. The second-order valence-corrected chi connectivity index (χ2v) is 7.29. The second kappa shape index (κ2) is 6.39. The van der Waals surface area contributed by atoms with Crippen molar-refractivity contribution >= 4 is 22.8 Å². The number of carbonyl (C=O) groups excluding carboxylic acids is 2. The van der Waals surface area contributed by atoms with Crippen LogP contribution in [0, 0.1) is 6.92 Å². The zero-order valence-electron chi connectivity index (χ0n) is 15.2. The average molecular weight is 356 g/mol. The Kier molecular flexibility index (Phi) is 4.19. The minimum Gasteiger partial charge on any atom is -0.378 e. The first kappa shape index (κ1) is 17.0. The number of likely N-dealkylation sites (tertiary alicyclic amines) is 1. The standard InChI is InChI=1S/C19H24N4O3/c1-13-20-15-5-4-14(12-16(15)21-13)17(24)23-7-3-6-19(23,2)18(25)22-8-10-26-11-9-22/h4-5,12H,3,6-11H2,1-2H3,(H,20,21)/t19-/m1/s1. The number of amides is 2. The van der Waals surface area contributed by atoms with E-state index in [1.165, 1.54) is 0 Å². The van der Waals surface area contributed by atoms with E-state index in [9.17, 15) is 9.59 Å². The first-order chi connectivity index (χ1) is 12.5. The van der Waals surface area contributed by atoms with Crippen molar-refractivity contribution < 1.29 is 14.3 Å². The molecule has 2 aromatic rings. The van der Waals surface area contributed by atoms with Crippen LogP contribution in [-0.2, 0) is 9.53 Å². The lowest BCUT2D eigenvalue weighted by Crippen LogP contribution is -2.58. The number of ether oxygens (including phenoxy) is 1. The maximum Gasteiger partial charge on any atom is 0.254 e. The number of nitrogens with zero attached hydrogens (tertiary/aromatic N) is 3. The van der Waals surface area contributed by atoms with Gasteiger partial charge in [-0.15, -0.1) is 0 Å². The fourth-order valence-corrected chi connectivity index (χ4v) is 4.04. The first-order valence-corrected chi connectivity index (χ1v) is 9.14. The fraction of sp³-hybridized carbons (Fsp3) is 0.526. The molecule has 0 spiro atoms. The summed E-state index contributed by atoms with van der Waals surface area (Å²) in [5.74, 6) is 0.754. The number of hydrogen-bond donors (Lipinski definition) is 1. The van der Waals surface area contributed by atoms with Crippen LogP contribution < -0.4 is 0 Å². The molecule has 1 aromatic heterocycles. The van der Waals surface area contributed by atoms with Gasteiger partial charge in [-0.2, -0.15) is 0 Å². The molecule has 2 fully saturated rings.